The lowest BCUT2D eigenvalue weighted by molar-refractivity contribution is -0.251. The van der Waals surface area contributed by atoms with Gasteiger partial charge in [-0.3, -0.25) is 0 Å². The highest BCUT2D eigenvalue weighted by molar-refractivity contribution is 4.98. The first-order chi connectivity index (χ1) is 6.84. The SMILES string of the molecule is OCC1CC2CCC1CC21OCCO1. The minimum atomic E-state index is -0.241. The second-order valence-electron chi connectivity index (χ2n) is 4.93. The molecule has 3 nitrogen and oxygen atoms in total. The summed E-state index contributed by atoms with van der Waals surface area (Å²) in [6.45, 7) is 1.86. The van der Waals surface area contributed by atoms with E-state index in [4.69, 9.17) is 9.47 Å². The summed E-state index contributed by atoms with van der Waals surface area (Å²) in [5.41, 5.74) is 0. The van der Waals surface area contributed by atoms with Gasteiger partial charge in [-0.1, -0.05) is 0 Å². The van der Waals surface area contributed by atoms with Gasteiger partial charge in [-0.05, 0) is 31.1 Å². The zero-order chi connectivity index (χ0) is 9.60. The predicted octanol–water partition coefficient (Wildman–Crippen LogP) is 1.16. The van der Waals surface area contributed by atoms with Crippen molar-refractivity contribution in [3.8, 4) is 0 Å². The molecule has 3 atom stereocenters. The average molecular weight is 198 g/mol. The van der Waals surface area contributed by atoms with Crippen molar-refractivity contribution in [1.29, 1.82) is 0 Å². The van der Waals surface area contributed by atoms with Crippen LogP contribution in [0.4, 0.5) is 0 Å². The number of rotatable bonds is 1. The van der Waals surface area contributed by atoms with E-state index in [1.165, 1.54) is 12.8 Å². The Morgan fingerprint density at radius 1 is 1.21 bits per heavy atom. The first-order valence-corrected chi connectivity index (χ1v) is 5.73. The fraction of sp³-hybridized carbons (Fsp3) is 1.00. The Labute approximate surface area is 84.4 Å². The molecule has 0 aromatic heterocycles. The molecule has 1 saturated heterocycles. The quantitative estimate of drug-likeness (QED) is 0.687. The van der Waals surface area contributed by atoms with E-state index in [1.54, 1.807) is 0 Å². The molecule has 3 saturated carbocycles. The molecule has 0 radical (unpaired) electrons. The maximum Gasteiger partial charge on any atom is 0.171 e. The van der Waals surface area contributed by atoms with Crippen molar-refractivity contribution in [2.75, 3.05) is 19.8 Å². The third-order valence-electron chi connectivity index (χ3n) is 4.32. The van der Waals surface area contributed by atoms with Crippen molar-refractivity contribution in [3.63, 3.8) is 0 Å². The van der Waals surface area contributed by atoms with Crippen LogP contribution in [0.15, 0.2) is 0 Å². The molecule has 0 aromatic rings. The van der Waals surface area contributed by atoms with Gasteiger partial charge in [0.05, 0.1) is 13.2 Å². The lowest BCUT2D eigenvalue weighted by atomic mass is 9.62. The largest absolute Gasteiger partial charge is 0.396 e. The summed E-state index contributed by atoms with van der Waals surface area (Å²) in [5, 5.41) is 9.26. The highest BCUT2D eigenvalue weighted by Crippen LogP contribution is 2.53. The molecule has 4 fully saturated rings. The molecule has 1 heterocycles. The number of fused-ring (bicyclic) bond motifs is 2. The van der Waals surface area contributed by atoms with Gasteiger partial charge >= 0.3 is 0 Å². The minimum Gasteiger partial charge on any atom is -0.396 e. The summed E-state index contributed by atoms with van der Waals surface area (Å²) in [7, 11) is 0. The molecule has 3 unspecified atom stereocenters. The van der Waals surface area contributed by atoms with Crippen LogP contribution >= 0.6 is 0 Å². The molecule has 3 aliphatic carbocycles. The van der Waals surface area contributed by atoms with E-state index < -0.39 is 0 Å². The van der Waals surface area contributed by atoms with Crippen LogP contribution in [-0.4, -0.2) is 30.7 Å². The second-order valence-corrected chi connectivity index (χ2v) is 4.93. The standard InChI is InChI=1S/C11H18O3/c12-7-9-5-10-2-1-8(9)6-11(10)13-3-4-14-11/h8-10,12H,1-7H2. The number of hydrogen-bond donors (Lipinski definition) is 1. The van der Waals surface area contributed by atoms with E-state index in [0.717, 1.165) is 26.1 Å². The normalized spacial score (nSPS) is 44.8. The van der Waals surface area contributed by atoms with Gasteiger partial charge in [0, 0.05) is 18.9 Å². The van der Waals surface area contributed by atoms with Crippen molar-refractivity contribution in [1.82, 2.24) is 0 Å². The Kier molecular flexibility index (Phi) is 2.08. The van der Waals surface area contributed by atoms with Crippen molar-refractivity contribution in [2.45, 2.75) is 31.5 Å². The van der Waals surface area contributed by atoms with Crippen LogP contribution in [0, 0.1) is 17.8 Å². The summed E-state index contributed by atoms with van der Waals surface area (Å²) in [6, 6.07) is 0. The summed E-state index contributed by atoms with van der Waals surface area (Å²) >= 11 is 0. The average Bonchev–Trinajstić information content (AvgIpc) is 2.67. The molecule has 1 N–H and O–H groups in total. The van der Waals surface area contributed by atoms with Gasteiger partial charge in [0.1, 0.15) is 0 Å². The molecule has 2 bridgehead atoms. The monoisotopic (exact) mass is 198 g/mol. The molecule has 0 aromatic carbocycles. The maximum absolute atomic E-state index is 9.26. The van der Waals surface area contributed by atoms with Crippen molar-refractivity contribution in [3.05, 3.63) is 0 Å². The van der Waals surface area contributed by atoms with Crippen LogP contribution < -0.4 is 0 Å². The zero-order valence-electron chi connectivity index (χ0n) is 8.45. The van der Waals surface area contributed by atoms with Crippen molar-refractivity contribution >= 4 is 0 Å². The Morgan fingerprint density at radius 3 is 2.57 bits per heavy atom. The predicted molar refractivity (Wildman–Crippen MR) is 50.7 cm³/mol. The highest BCUT2D eigenvalue weighted by atomic mass is 16.7. The van der Waals surface area contributed by atoms with E-state index in [2.05, 4.69) is 0 Å². The Bertz CT molecular complexity index is 223. The van der Waals surface area contributed by atoms with Crippen LogP contribution in [-0.2, 0) is 9.47 Å². The minimum absolute atomic E-state index is 0.241. The van der Waals surface area contributed by atoms with E-state index in [-0.39, 0.29) is 5.79 Å². The number of ether oxygens (including phenoxy) is 2. The van der Waals surface area contributed by atoms with Gasteiger partial charge in [0.2, 0.25) is 0 Å². The first-order valence-electron chi connectivity index (χ1n) is 5.73. The molecular formula is C11H18O3. The van der Waals surface area contributed by atoms with E-state index in [9.17, 15) is 5.11 Å². The number of aliphatic hydroxyl groups is 1. The third kappa shape index (κ3) is 1.16. The Hall–Kier alpha value is -0.120. The zero-order valence-corrected chi connectivity index (χ0v) is 8.45. The van der Waals surface area contributed by atoms with Gasteiger partial charge in [-0.2, -0.15) is 0 Å². The lowest BCUT2D eigenvalue weighted by Crippen LogP contribution is -2.52. The van der Waals surface area contributed by atoms with Gasteiger partial charge in [-0.25, -0.2) is 0 Å². The van der Waals surface area contributed by atoms with Crippen molar-refractivity contribution < 1.29 is 14.6 Å². The van der Waals surface area contributed by atoms with E-state index in [0.29, 0.717) is 24.4 Å². The smallest absolute Gasteiger partial charge is 0.171 e. The Morgan fingerprint density at radius 2 is 2.00 bits per heavy atom. The second kappa shape index (κ2) is 3.19. The molecule has 3 heteroatoms. The molecule has 0 amide bonds. The summed E-state index contributed by atoms with van der Waals surface area (Å²) < 4.78 is 11.6. The Balaban J connectivity index is 1.81. The molecule has 1 aliphatic heterocycles. The van der Waals surface area contributed by atoms with Crippen LogP contribution in [0.1, 0.15) is 25.7 Å². The van der Waals surface area contributed by atoms with Gasteiger partial charge < -0.3 is 14.6 Å². The van der Waals surface area contributed by atoms with E-state index in [1.807, 2.05) is 0 Å². The lowest BCUT2D eigenvalue weighted by Gasteiger charge is -2.51. The maximum atomic E-state index is 9.26. The van der Waals surface area contributed by atoms with Crippen LogP contribution in [0.25, 0.3) is 0 Å². The molecule has 14 heavy (non-hydrogen) atoms. The van der Waals surface area contributed by atoms with Crippen LogP contribution in [0.2, 0.25) is 0 Å². The summed E-state index contributed by atoms with van der Waals surface area (Å²) in [6.07, 6.45) is 4.59. The van der Waals surface area contributed by atoms with Gasteiger partial charge in [0.25, 0.3) is 0 Å². The summed E-state index contributed by atoms with van der Waals surface area (Å²) in [5.74, 6) is 1.43. The number of hydrogen-bond acceptors (Lipinski definition) is 3. The van der Waals surface area contributed by atoms with Crippen molar-refractivity contribution in [2.24, 2.45) is 17.8 Å². The first kappa shape index (κ1) is 9.13. The highest BCUT2D eigenvalue weighted by Gasteiger charge is 2.54. The fourth-order valence-corrected chi connectivity index (χ4v) is 3.57. The number of aliphatic hydroxyl groups excluding tert-OH is 1. The molecular weight excluding hydrogens is 180 g/mol. The van der Waals surface area contributed by atoms with Gasteiger partial charge in [0.15, 0.2) is 5.79 Å². The fourth-order valence-electron chi connectivity index (χ4n) is 3.57. The molecule has 80 valence electrons. The summed E-state index contributed by atoms with van der Waals surface area (Å²) in [4.78, 5) is 0. The van der Waals surface area contributed by atoms with E-state index >= 15 is 0 Å². The third-order valence-corrected chi connectivity index (χ3v) is 4.32. The molecule has 1 spiro atoms. The van der Waals surface area contributed by atoms with Crippen LogP contribution in [0.3, 0.4) is 0 Å². The molecule has 4 aliphatic rings. The topological polar surface area (TPSA) is 38.7 Å². The molecule has 4 rings (SSSR count). The van der Waals surface area contributed by atoms with Crippen LogP contribution in [0.5, 0.6) is 0 Å². The van der Waals surface area contributed by atoms with Gasteiger partial charge in [-0.15, -0.1) is 0 Å².